The van der Waals surface area contributed by atoms with Crippen LogP contribution in [0.15, 0.2) is 36.4 Å². The number of fused-ring (bicyclic) bond motifs is 1. The zero-order valence-electron chi connectivity index (χ0n) is 13.5. The van der Waals surface area contributed by atoms with Crippen LogP contribution >= 0.6 is 0 Å². The minimum Gasteiger partial charge on any atom is -0.494 e. The van der Waals surface area contributed by atoms with Gasteiger partial charge in [-0.2, -0.15) is 0 Å². The molecule has 1 heterocycles. The highest BCUT2D eigenvalue weighted by atomic mass is 19.1. The van der Waals surface area contributed by atoms with Crippen molar-refractivity contribution in [3.63, 3.8) is 0 Å². The summed E-state index contributed by atoms with van der Waals surface area (Å²) < 4.78 is 30.8. The minimum atomic E-state index is -0.315. The molecule has 0 amide bonds. The highest BCUT2D eigenvalue weighted by molar-refractivity contribution is 5.41. The van der Waals surface area contributed by atoms with Gasteiger partial charge in [0.1, 0.15) is 11.9 Å². The smallest absolute Gasteiger partial charge is 0.165 e. The van der Waals surface area contributed by atoms with E-state index in [1.54, 1.807) is 7.11 Å². The quantitative estimate of drug-likeness (QED) is 0.816. The van der Waals surface area contributed by atoms with Crippen molar-refractivity contribution in [1.82, 2.24) is 0 Å². The molecule has 0 aromatic heterocycles. The van der Waals surface area contributed by atoms with Gasteiger partial charge in [-0.3, -0.25) is 0 Å². The van der Waals surface area contributed by atoms with Crippen LogP contribution in [0.5, 0.6) is 11.5 Å². The minimum absolute atomic E-state index is 0.124. The second kappa shape index (κ2) is 7.01. The fraction of sp³-hybridized carbons (Fsp3) is 0.368. The molecule has 2 aromatic rings. The Labute approximate surface area is 136 Å². The van der Waals surface area contributed by atoms with Gasteiger partial charge in [0.15, 0.2) is 11.6 Å². The van der Waals surface area contributed by atoms with Crippen LogP contribution in [-0.4, -0.2) is 13.7 Å². The van der Waals surface area contributed by atoms with E-state index in [4.69, 9.17) is 14.2 Å². The summed E-state index contributed by atoms with van der Waals surface area (Å²) in [6, 6.07) is 11.3. The van der Waals surface area contributed by atoms with Crippen molar-refractivity contribution < 1.29 is 18.6 Å². The van der Waals surface area contributed by atoms with Crippen molar-refractivity contribution in [3.05, 3.63) is 58.9 Å². The third kappa shape index (κ3) is 3.48. The number of aryl methyl sites for hydroxylation is 1. The van der Waals surface area contributed by atoms with Crippen molar-refractivity contribution in [2.75, 3.05) is 13.7 Å². The molecule has 3 nitrogen and oxygen atoms in total. The molecule has 0 spiro atoms. The van der Waals surface area contributed by atoms with E-state index in [0.717, 1.165) is 35.3 Å². The average Bonchev–Trinajstić information content (AvgIpc) is 2.56. The van der Waals surface area contributed by atoms with Crippen LogP contribution in [0.4, 0.5) is 4.39 Å². The van der Waals surface area contributed by atoms with E-state index in [2.05, 4.69) is 0 Å². The molecule has 1 unspecified atom stereocenters. The van der Waals surface area contributed by atoms with Crippen molar-refractivity contribution in [3.8, 4) is 11.5 Å². The molecule has 122 valence electrons. The maximum atomic E-state index is 14.3. The predicted octanol–water partition coefficient (Wildman–Crippen LogP) is 4.44. The zero-order chi connectivity index (χ0) is 16.2. The van der Waals surface area contributed by atoms with Crippen LogP contribution in [0.2, 0.25) is 0 Å². The lowest BCUT2D eigenvalue weighted by Gasteiger charge is -2.27. The third-order valence-corrected chi connectivity index (χ3v) is 3.99. The van der Waals surface area contributed by atoms with E-state index in [0.29, 0.717) is 19.0 Å². The molecule has 0 aliphatic carbocycles. The number of rotatable bonds is 5. The van der Waals surface area contributed by atoms with Crippen molar-refractivity contribution in [2.24, 2.45) is 0 Å². The van der Waals surface area contributed by atoms with Crippen LogP contribution in [-0.2, 0) is 17.8 Å². The van der Waals surface area contributed by atoms with Crippen LogP contribution < -0.4 is 9.47 Å². The maximum Gasteiger partial charge on any atom is 0.165 e. The largest absolute Gasteiger partial charge is 0.494 e. The van der Waals surface area contributed by atoms with Gasteiger partial charge in [-0.15, -0.1) is 0 Å². The van der Waals surface area contributed by atoms with Gasteiger partial charge in [-0.1, -0.05) is 12.1 Å². The van der Waals surface area contributed by atoms with Gasteiger partial charge >= 0.3 is 0 Å². The molecule has 0 saturated heterocycles. The number of methoxy groups -OCH3 is 1. The number of halogens is 1. The summed E-state index contributed by atoms with van der Waals surface area (Å²) in [4.78, 5) is 0. The Bertz CT molecular complexity index is 667. The Morgan fingerprint density at radius 1 is 1.22 bits per heavy atom. The fourth-order valence-corrected chi connectivity index (χ4v) is 2.95. The lowest BCUT2D eigenvalue weighted by atomic mass is 9.96. The predicted molar refractivity (Wildman–Crippen MR) is 86.4 cm³/mol. The van der Waals surface area contributed by atoms with Crippen molar-refractivity contribution >= 4 is 0 Å². The summed E-state index contributed by atoms with van der Waals surface area (Å²) in [6.07, 6.45) is 1.50. The molecule has 2 aromatic carbocycles. The van der Waals surface area contributed by atoms with Gasteiger partial charge < -0.3 is 14.2 Å². The molecule has 0 saturated carbocycles. The standard InChI is InChI=1S/C19H21FO3/c1-3-22-16-7-4-14(5-8-16)18-9-6-15-10-13(12-21-2)11-17(20)19(15)23-18/h4-5,7-8,10-11,18H,3,6,9,12H2,1-2H3. The summed E-state index contributed by atoms with van der Waals surface area (Å²) >= 11 is 0. The molecule has 0 fully saturated rings. The molecule has 1 aliphatic rings. The summed E-state index contributed by atoms with van der Waals surface area (Å²) in [7, 11) is 1.61. The van der Waals surface area contributed by atoms with E-state index in [9.17, 15) is 4.39 Å². The highest BCUT2D eigenvalue weighted by Crippen LogP contribution is 2.37. The first kappa shape index (κ1) is 15.8. The lowest BCUT2D eigenvalue weighted by molar-refractivity contribution is 0.165. The van der Waals surface area contributed by atoms with Gasteiger partial charge in [0.05, 0.1) is 13.2 Å². The van der Waals surface area contributed by atoms with Crippen LogP contribution in [0.25, 0.3) is 0 Å². The Morgan fingerprint density at radius 2 is 2.00 bits per heavy atom. The molecule has 4 heteroatoms. The summed E-state index contributed by atoms with van der Waals surface area (Å²) in [5.41, 5.74) is 2.80. The normalized spacial score (nSPS) is 16.6. The summed E-state index contributed by atoms with van der Waals surface area (Å²) in [5.74, 6) is 0.892. The van der Waals surface area contributed by atoms with E-state index in [1.165, 1.54) is 6.07 Å². The van der Waals surface area contributed by atoms with Gasteiger partial charge in [0.2, 0.25) is 0 Å². The lowest BCUT2D eigenvalue weighted by Crippen LogP contribution is -2.16. The van der Waals surface area contributed by atoms with E-state index in [-0.39, 0.29) is 11.9 Å². The molecule has 0 N–H and O–H groups in total. The Morgan fingerprint density at radius 3 is 2.70 bits per heavy atom. The molecule has 3 rings (SSSR count). The molecule has 0 bridgehead atoms. The first-order valence-electron chi connectivity index (χ1n) is 7.91. The topological polar surface area (TPSA) is 27.7 Å². The molecule has 23 heavy (non-hydrogen) atoms. The second-order valence-electron chi connectivity index (χ2n) is 5.65. The first-order chi connectivity index (χ1) is 11.2. The Hall–Kier alpha value is -2.07. The van der Waals surface area contributed by atoms with Crippen molar-refractivity contribution in [1.29, 1.82) is 0 Å². The Balaban J connectivity index is 1.79. The number of ether oxygens (including phenoxy) is 3. The SMILES string of the molecule is CCOc1ccc(C2CCc3cc(COC)cc(F)c3O2)cc1. The average molecular weight is 316 g/mol. The zero-order valence-corrected chi connectivity index (χ0v) is 13.5. The van der Waals surface area contributed by atoms with Gasteiger partial charge in [0, 0.05) is 7.11 Å². The van der Waals surface area contributed by atoms with Crippen molar-refractivity contribution in [2.45, 2.75) is 32.5 Å². The summed E-state index contributed by atoms with van der Waals surface area (Å²) in [5, 5.41) is 0. The van der Waals surface area contributed by atoms with Gasteiger partial charge in [-0.25, -0.2) is 4.39 Å². The number of benzene rings is 2. The van der Waals surface area contributed by atoms with E-state index in [1.807, 2.05) is 37.3 Å². The highest BCUT2D eigenvalue weighted by Gasteiger charge is 2.24. The van der Waals surface area contributed by atoms with Gasteiger partial charge in [-0.05, 0) is 60.7 Å². The molecule has 1 aliphatic heterocycles. The van der Waals surface area contributed by atoms with E-state index < -0.39 is 0 Å². The second-order valence-corrected chi connectivity index (χ2v) is 5.65. The summed E-state index contributed by atoms with van der Waals surface area (Å²) in [6.45, 7) is 3.00. The van der Waals surface area contributed by atoms with Crippen LogP contribution in [0, 0.1) is 5.82 Å². The van der Waals surface area contributed by atoms with Crippen LogP contribution in [0.1, 0.15) is 36.1 Å². The third-order valence-electron chi connectivity index (χ3n) is 3.99. The fourth-order valence-electron chi connectivity index (χ4n) is 2.95. The van der Waals surface area contributed by atoms with Crippen LogP contribution in [0.3, 0.4) is 0 Å². The maximum absolute atomic E-state index is 14.3. The monoisotopic (exact) mass is 316 g/mol. The van der Waals surface area contributed by atoms with Gasteiger partial charge in [0.25, 0.3) is 0 Å². The molecule has 0 radical (unpaired) electrons. The molecule has 1 atom stereocenters. The molecular formula is C19H21FO3. The Kier molecular flexibility index (Phi) is 4.82. The number of hydrogen-bond donors (Lipinski definition) is 0. The first-order valence-corrected chi connectivity index (χ1v) is 7.91. The number of hydrogen-bond acceptors (Lipinski definition) is 3. The van der Waals surface area contributed by atoms with E-state index >= 15 is 0 Å². The molecular weight excluding hydrogens is 295 g/mol.